The summed E-state index contributed by atoms with van der Waals surface area (Å²) in [5.74, 6) is 1.62. The summed E-state index contributed by atoms with van der Waals surface area (Å²) < 4.78 is 2.24. The van der Waals surface area contributed by atoms with E-state index in [9.17, 15) is 0 Å². The van der Waals surface area contributed by atoms with Gasteiger partial charge in [-0.2, -0.15) is 0 Å². The molecule has 0 aliphatic rings. The zero-order valence-corrected chi connectivity index (χ0v) is 12.2. The number of benzene rings is 1. The van der Waals surface area contributed by atoms with E-state index in [1.807, 2.05) is 17.6 Å². The van der Waals surface area contributed by atoms with Crippen LogP contribution in [-0.2, 0) is 13.0 Å². The molecule has 0 aliphatic carbocycles. The molecule has 0 N–H and O–H groups in total. The van der Waals surface area contributed by atoms with Crippen molar-refractivity contribution < 1.29 is 0 Å². The summed E-state index contributed by atoms with van der Waals surface area (Å²) in [7, 11) is 0. The van der Waals surface area contributed by atoms with Gasteiger partial charge in [-0.25, -0.2) is 9.97 Å². The largest absolute Gasteiger partial charge is 0.321 e. The van der Waals surface area contributed by atoms with Crippen molar-refractivity contribution in [2.45, 2.75) is 19.9 Å². The normalized spacial score (nSPS) is 11.3. The highest BCUT2D eigenvalue weighted by Gasteiger charge is 2.13. The van der Waals surface area contributed by atoms with Crippen LogP contribution in [0.5, 0.6) is 0 Å². The molecule has 0 spiro atoms. The molecule has 0 aliphatic heterocycles. The molecule has 3 aromatic rings. The van der Waals surface area contributed by atoms with Crippen molar-refractivity contribution in [3.63, 3.8) is 0 Å². The lowest BCUT2D eigenvalue weighted by Gasteiger charge is -2.07. The number of alkyl halides is 1. The number of hydrogen-bond donors (Lipinski definition) is 0. The predicted molar refractivity (Wildman–Crippen MR) is 80.1 cm³/mol. The second-order valence-electron chi connectivity index (χ2n) is 4.42. The van der Waals surface area contributed by atoms with E-state index in [0.717, 1.165) is 29.3 Å². The Morgan fingerprint density at radius 1 is 1.37 bits per heavy atom. The summed E-state index contributed by atoms with van der Waals surface area (Å²) in [6.45, 7) is 2.89. The van der Waals surface area contributed by atoms with Gasteiger partial charge in [-0.1, -0.05) is 12.1 Å². The molecule has 0 radical (unpaired) electrons. The molecule has 0 saturated heterocycles. The van der Waals surface area contributed by atoms with Crippen molar-refractivity contribution in [2.24, 2.45) is 0 Å². The highest BCUT2D eigenvalue weighted by molar-refractivity contribution is 7.09. The quantitative estimate of drug-likeness (QED) is 0.687. The SMILES string of the molecule is Cc1cccc2nc(CCCl)n(Cc3nccs3)c12. The topological polar surface area (TPSA) is 30.7 Å². The van der Waals surface area contributed by atoms with E-state index in [4.69, 9.17) is 16.6 Å². The van der Waals surface area contributed by atoms with E-state index in [1.165, 1.54) is 11.1 Å². The molecule has 98 valence electrons. The number of thiazole rings is 1. The van der Waals surface area contributed by atoms with E-state index in [1.54, 1.807) is 11.3 Å². The van der Waals surface area contributed by atoms with Gasteiger partial charge < -0.3 is 4.57 Å². The van der Waals surface area contributed by atoms with Crippen molar-refractivity contribution in [3.8, 4) is 0 Å². The molecule has 1 aromatic carbocycles. The van der Waals surface area contributed by atoms with Gasteiger partial charge >= 0.3 is 0 Å². The summed E-state index contributed by atoms with van der Waals surface area (Å²) in [5, 5.41) is 3.10. The van der Waals surface area contributed by atoms with Crippen molar-refractivity contribution in [1.29, 1.82) is 0 Å². The van der Waals surface area contributed by atoms with E-state index in [2.05, 4.69) is 28.6 Å². The number of halogens is 1. The molecule has 0 bridgehead atoms. The van der Waals surface area contributed by atoms with Crippen LogP contribution in [0.1, 0.15) is 16.4 Å². The fourth-order valence-electron chi connectivity index (χ4n) is 2.33. The molecular formula is C14H14ClN3S. The second-order valence-corrected chi connectivity index (χ2v) is 5.78. The van der Waals surface area contributed by atoms with Crippen LogP contribution in [0.4, 0.5) is 0 Å². The van der Waals surface area contributed by atoms with Crippen LogP contribution in [0, 0.1) is 6.92 Å². The lowest BCUT2D eigenvalue weighted by atomic mass is 10.2. The standard InChI is InChI=1S/C14H14ClN3S/c1-10-3-2-4-11-14(10)18(12(17-11)5-6-15)9-13-16-7-8-19-13/h2-4,7-8H,5-6,9H2,1H3. The second kappa shape index (κ2) is 5.31. The van der Waals surface area contributed by atoms with Gasteiger partial charge in [0.1, 0.15) is 10.8 Å². The van der Waals surface area contributed by atoms with E-state index in [0.29, 0.717) is 5.88 Å². The van der Waals surface area contributed by atoms with Crippen LogP contribution in [0.25, 0.3) is 11.0 Å². The highest BCUT2D eigenvalue weighted by atomic mass is 35.5. The third-order valence-electron chi connectivity index (χ3n) is 3.14. The molecule has 0 saturated carbocycles. The Kier molecular flexibility index (Phi) is 3.53. The number of para-hydroxylation sites is 1. The Morgan fingerprint density at radius 2 is 2.26 bits per heavy atom. The summed E-state index contributed by atoms with van der Waals surface area (Å²) in [6, 6.07) is 6.22. The number of imidazole rings is 1. The maximum absolute atomic E-state index is 5.89. The van der Waals surface area contributed by atoms with Crippen molar-refractivity contribution in [1.82, 2.24) is 14.5 Å². The molecule has 19 heavy (non-hydrogen) atoms. The number of aryl methyl sites for hydroxylation is 2. The van der Waals surface area contributed by atoms with Gasteiger partial charge in [-0.05, 0) is 18.6 Å². The molecule has 0 atom stereocenters. The Morgan fingerprint density at radius 3 is 3.00 bits per heavy atom. The van der Waals surface area contributed by atoms with Gasteiger partial charge in [0.2, 0.25) is 0 Å². The molecule has 3 rings (SSSR count). The van der Waals surface area contributed by atoms with Gasteiger partial charge in [-0.3, -0.25) is 0 Å². The van der Waals surface area contributed by atoms with Crippen LogP contribution in [0.2, 0.25) is 0 Å². The molecule has 2 heterocycles. The van der Waals surface area contributed by atoms with Crippen LogP contribution in [0.15, 0.2) is 29.8 Å². The molecule has 0 amide bonds. The van der Waals surface area contributed by atoms with Gasteiger partial charge in [-0.15, -0.1) is 22.9 Å². The van der Waals surface area contributed by atoms with E-state index < -0.39 is 0 Å². The molecule has 0 fully saturated rings. The summed E-state index contributed by atoms with van der Waals surface area (Å²) in [4.78, 5) is 9.06. The lowest BCUT2D eigenvalue weighted by Crippen LogP contribution is -2.06. The zero-order chi connectivity index (χ0) is 13.2. The van der Waals surface area contributed by atoms with Crippen molar-refractivity contribution in [2.75, 3.05) is 5.88 Å². The number of nitrogens with zero attached hydrogens (tertiary/aromatic N) is 3. The van der Waals surface area contributed by atoms with Gasteiger partial charge in [0.05, 0.1) is 17.6 Å². The van der Waals surface area contributed by atoms with Gasteiger partial charge in [0.15, 0.2) is 0 Å². The minimum atomic E-state index is 0.584. The maximum Gasteiger partial charge on any atom is 0.112 e. The van der Waals surface area contributed by atoms with Crippen LogP contribution in [0.3, 0.4) is 0 Å². The first-order valence-electron chi connectivity index (χ1n) is 6.18. The van der Waals surface area contributed by atoms with E-state index in [-0.39, 0.29) is 0 Å². The van der Waals surface area contributed by atoms with Crippen molar-refractivity contribution >= 4 is 34.0 Å². The van der Waals surface area contributed by atoms with Crippen molar-refractivity contribution in [3.05, 3.63) is 46.2 Å². The fraction of sp³-hybridized carbons (Fsp3) is 0.286. The lowest BCUT2D eigenvalue weighted by molar-refractivity contribution is 0.748. The third kappa shape index (κ3) is 2.38. The predicted octanol–water partition coefficient (Wildman–Crippen LogP) is 3.63. The summed E-state index contributed by atoms with van der Waals surface area (Å²) in [5.41, 5.74) is 3.47. The Labute approximate surface area is 120 Å². The first kappa shape index (κ1) is 12.6. The van der Waals surface area contributed by atoms with Crippen LogP contribution < -0.4 is 0 Å². The Bertz CT molecular complexity index is 688. The molecule has 5 heteroatoms. The first-order chi connectivity index (χ1) is 9.29. The smallest absolute Gasteiger partial charge is 0.112 e. The molecular weight excluding hydrogens is 278 g/mol. The van der Waals surface area contributed by atoms with Crippen LogP contribution in [-0.4, -0.2) is 20.4 Å². The minimum absolute atomic E-state index is 0.584. The first-order valence-corrected chi connectivity index (χ1v) is 7.60. The monoisotopic (exact) mass is 291 g/mol. The highest BCUT2D eigenvalue weighted by Crippen LogP contribution is 2.22. The number of rotatable bonds is 4. The number of fused-ring (bicyclic) bond motifs is 1. The fourth-order valence-corrected chi connectivity index (χ4v) is 3.10. The average molecular weight is 292 g/mol. The van der Waals surface area contributed by atoms with Gasteiger partial charge in [0, 0.05) is 23.9 Å². The summed E-state index contributed by atoms with van der Waals surface area (Å²) in [6.07, 6.45) is 2.62. The number of aromatic nitrogens is 3. The maximum atomic E-state index is 5.89. The summed E-state index contributed by atoms with van der Waals surface area (Å²) >= 11 is 7.56. The molecule has 2 aromatic heterocycles. The third-order valence-corrected chi connectivity index (χ3v) is 4.10. The zero-order valence-electron chi connectivity index (χ0n) is 10.6. The molecule has 3 nitrogen and oxygen atoms in total. The number of hydrogen-bond acceptors (Lipinski definition) is 3. The van der Waals surface area contributed by atoms with Crippen LogP contribution >= 0.6 is 22.9 Å². The van der Waals surface area contributed by atoms with Gasteiger partial charge in [0.25, 0.3) is 0 Å². The Hall–Kier alpha value is -1.39. The minimum Gasteiger partial charge on any atom is -0.321 e. The average Bonchev–Trinajstić information content (AvgIpc) is 3.00. The van der Waals surface area contributed by atoms with E-state index >= 15 is 0 Å². The molecule has 0 unspecified atom stereocenters. The Balaban J connectivity index is 2.15.